The third kappa shape index (κ3) is 5.65. The fourth-order valence-electron chi connectivity index (χ4n) is 1.61. The zero-order valence-corrected chi connectivity index (χ0v) is 15.1. The Hall–Kier alpha value is -0.500. The van der Waals surface area contributed by atoms with Crippen LogP contribution in [0.5, 0.6) is 0 Å². The second-order valence-electron chi connectivity index (χ2n) is 5.66. The molecule has 0 unspecified atom stereocenters. The van der Waals surface area contributed by atoms with Gasteiger partial charge in [-0.25, -0.2) is 17.5 Å². The fourth-order valence-corrected chi connectivity index (χ4v) is 3.62. The summed E-state index contributed by atoms with van der Waals surface area (Å²) in [6.45, 7) is 8.20. The third-order valence-corrected chi connectivity index (χ3v) is 4.63. The van der Waals surface area contributed by atoms with Crippen LogP contribution in [0.2, 0.25) is 0 Å². The standard InChI is InChI=1S/C14H22BrFN2O2S/c1-9(2)7-18-21(19,20)13-6-12(15)5-11(14(13)16)8-17-10(3)4/h5-6,9-10,17-18H,7-8H2,1-4H3. The van der Waals surface area contributed by atoms with Crippen molar-refractivity contribution >= 4 is 26.0 Å². The molecule has 0 fully saturated rings. The lowest BCUT2D eigenvalue weighted by Gasteiger charge is -2.14. The highest BCUT2D eigenvalue weighted by molar-refractivity contribution is 9.10. The van der Waals surface area contributed by atoms with Gasteiger partial charge in [-0.15, -0.1) is 0 Å². The quantitative estimate of drug-likeness (QED) is 0.764. The van der Waals surface area contributed by atoms with Crippen LogP contribution in [-0.2, 0) is 16.6 Å². The molecule has 0 radical (unpaired) electrons. The zero-order valence-electron chi connectivity index (χ0n) is 12.7. The summed E-state index contributed by atoms with van der Waals surface area (Å²) < 4.78 is 41.8. The molecule has 1 aromatic rings. The van der Waals surface area contributed by atoms with Gasteiger partial charge >= 0.3 is 0 Å². The minimum absolute atomic E-state index is 0.150. The van der Waals surface area contributed by atoms with E-state index < -0.39 is 15.8 Å². The van der Waals surface area contributed by atoms with Crippen molar-refractivity contribution < 1.29 is 12.8 Å². The van der Waals surface area contributed by atoms with Crippen LogP contribution in [0.25, 0.3) is 0 Å². The van der Waals surface area contributed by atoms with Crippen molar-refractivity contribution in [2.24, 2.45) is 5.92 Å². The number of hydrogen-bond donors (Lipinski definition) is 2. The van der Waals surface area contributed by atoms with E-state index in [1.807, 2.05) is 27.7 Å². The monoisotopic (exact) mass is 380 g/mol. The second kappa shape index (κ2) is 7.67. The molecular weight excluding hydrogens is 359 g/mol. The van der Waals surface area contributed by atoms with Crippen molar-refractivity contribution in [3.63, 3.8) is 0 Å². The number of rotatable bonds is 7. The average Bonchev–Trinajstić information content (AvgIpc) is 2.37. The fraction of sp³-hybridized carbons (Fsp3) is 0.571. The Morgan fingerprint density at radius 3 is 2.38 bits per heavy atom. The summed E-state index contributed by atoms with van der Waals surface area (Å²) in [6, 6.07) is 3.06. The molecule has 0 aromatic heterocycles. The van der Waals surface area contributed by atoms with E-state index in [9.17, 15) is 12.8 Å². The van der Waals surface area contributed by atoms with Crippen LogP contribution in [0.1, 0.15) is 33.3 Å². The predicted molar refractivity (Wildman–Crippen MR) is 86.1 cm³/mol. The lowest BCUT2D eigenvalue weighted by atomic mass is 10.2. The van der Waals surface area contributed by atoms with Crippen molar-refractivity contribution in [2.75, 3.05) is 6.54 Å². The Morgan fingerprint density at radius 2 is 1.86 bits per heavy atom. The number of sulfonamides is 1. The van der Waals surface area contributed by atoms with E-state index in [4.69, 9.17) is 0 Å². The Morgan fingerprint density at radius 1 is 1.24 bits per heavy atom. The van der Waals surface area contributed by atoms with Gasteiger partial charge in [0.1, 0.15) is 10.7 Å². The Labute approximate surface area is 134 Å². The van der Waals surface area contributed by atoms with Gasteiger partial charge in [0.25, 0.3) is 0 Å². The molecule has 0 aliphatic heterocycles. The lowest BCUT2D eigenvalue weighted by Crippen LogP contribution is -2.29. The molecule has 0 amide bonds. The van der Waals surface area contributed by atoms with Gasteiger partial charge in [-0.2, -0.15) is 0 Å². The molecule has 0 heterocycles. The molecule has 0 atom stereocenters. The van der Waals surface area contributed by atoms with Gasteiger partial charge in [0.2, 0.25) is 10.0 Å². The normalized spacial score (nSPS) is 12.4. The van der Waals surface area contributed by atoms with Gasteiger partial charge in [0.05, 0.1) is 0 Å². The first-order chi connectivity index (χ1) is 9.63. The van der Waals surface area contributed by atoms with Crippen LogP contribution in [0.15, 0.2) is 21.5 Å². The van der Waals surface area contributed by atoms with Crippen LogP contribution in [-0.4, -0.2) is 21.0 Å². The summed E-state index contributed by atoms with van der Waals surface area (Å²) >= 11 is 3.24. The Balaban J connectivity index is 3.12. The Bertz CT molecular complexity index is 589. The molecule has 1 aromatic carbocycles. The minimum Gasteiger partial charge on any atom is -0.310 e. The molecule has 7 heteroatoms. The zero-order chi connectivity index (χ0) is 16.2. The number of nitrogens with one attached hydrogen (secondary N) is 2. The van der Waals surface area contributed by atoms with Crippen LogP contribution in [0.4, 0.5) is 4.39 Å². The summed E-state index contributed by atoms with van der Waals surface area (Å²) in [7, 11) is -3.85. The molecule has 4 nitrogen and oxygen atoms in total. The molecule has 21 heavy (non-hydrogen) atoms. The second-order valence-corrected chi connectivity index (χ2v) is 8.31. The molecule has 1 rings (SSSR count). The smallest absolute Gasteiger partial charge is 0.243 e. The van der Waals surface area contributed by atoms with Crippen molar-refractivity contribution in [1.82, 2.24) is 10.0 Å². The van der Waals surface area contributed by atoms with E-state index in [1.54, 1.807) is 6.07 Å². The molecule has 120 valence electrons. The van der Waals surface area contributed by atoms with Gasteiger partial charge in [0.15, 0.2) is 0 Å². The highest BCUT2D eigenvalue weighted by atomic mass is 79.9. The largest absolute Gasteiger partial charge is 0.310 e. The van der Waals surface area contributed by atoms with Gasteiger partial charge in [0, 0.05) is 29.2 Å². The lowest BCUT2D eigenvalue weighted by molar-refractivity contribution is 0.524. The summed E-state index contributed by atoms with van der Waals surface area (Å²) in [5.74, 6) is -0.556. The van der Waals surface area contributed by atoms with E-state index in [0.29, 0.717) is 10.0 Å². The summed E-state index contributed by atoms with van der Waals surface area (Å²) in [4.78, 5) is -0.321. The van der Waals surface area contributed by atoms with Crippen LogP contribution in [0.3, 0.4) is 0 Å². The topological polar surface area (TPSA) is 58.2 Å². The molecule has 0 bridgehead atoms. The highest BCUT2D eigenvalue weighted by Crippen LogP contribution is 2.24. The maximum Gasteiger partial charge on any atom is 0.243 e. The van der Waals surface area contributed by atoms with Gasteiger partial charge in [-0.1, -0.05) is 43.6 Å². The molecule has 0 saturated carbocycles. The summed E-state index contributed by atoms with van der Waals surface area (Å²) in [5.41, 5.74) is 0.322. The van der Waals surface area contributed by atoms with E-state index >= 15 is 0 Å². The number of halogens is 2. The molecule has 0 saturated heterocycles. The summed E-state index contributed by atoms with van der Waals surface area (Å²) in [6.07, 6.45) is 0. The van der Waals surface area contributed by atoms with Crippen molar-refractivity contribution in [2.45, 2.75) is 45.2 Å². The molecule has 0 aliphatic carbocycles. The minimum atomic E-state index is -3.85. The first kappa shape index (κ1) is 18.5. The van der Waals surface area contributed by atoms with Gasteiger partial charge in [-0.3, -0.25) is 0 Å². The molecule has 0 aliphatic rings. The van der Waals surface area contributed by atoms with Crippen molar-refractivity contribution in [3.05, 3.63) is 28.0 Å². The first-order valence-electron chi connectivity index (χ1n) is 6.84. The van der Waals surface area contributed by atoms with Crippen molar-refractivity contribution in [1.29, 1.82) is 0 Å². The SMILES string of the molecule is CC(C)CNS(=O)(=O)c1cc(Br)cc(CNC(C)C)c1F. The van der Waals surface area contributed by atoms with E-state index in [-0.39, 0.29) is 29.9 Å². The molecular formula is C14H22BrFN2O2S. The third-order valence-electron chi connectivity index (χ3n) is 2.75. The maximum atomic E-state index is 14.4. The van der Waals surface area contributed by atoms with Crippen LogP contribution in [0, 0.1) is 11.7 Å². The maximum absolute atomic E-state index is 14.4. The van der Waals surface area contributed by atoms with Crippen LogP contribution < -0.4 is 10.0 Å². The van der Waals surface area contributed by atoms with Crippen molar-refractivity contribution in [3.8, 4) is 0 Å². The van der Waals surface area contributed by atoms with Gasteiger partial charge < -0.3 is 5.32 Å². The van der Waals surface area contributed by atoms with E-state index in [1.165, 1.54) is 6.07 Å². The Kier molecular flexibility index (Phi) is 6.77. The highest BCUT2D eigenvalue weighted by Gasteiger charge is 2.22. The molecule has 2 N–H and O–H groups in total. The van der Waals surface area contributed by atoms with E-state index in [0.717, 1.165) is 0 Å². The van der Waals surface area contributed by atoms with Gasteiger partial charge in [-0.05, 0) is 18.1 Å². The molecule has 0 spiro atoms. The average molecular weight is 381 g/mol. The predicted octanol–water partition coefficient (Wildman–Crippen LogP) is 3.02. The number of benzene rings is 1. The van der Waals surface area contributed by atoms with E-state index in [2.05, 4.69) is 26.0 Å². The first-order valence-corrected chi connectivity index (χ1v) is 9.12. The number of hydrogen-bond acceptors (Lipinski definition) is 3. The van der Waals surface area contributed by atoms with Crippen LogP contribution >= 0.6 is 15.9 Å². The summed E-state index contributed by atoms with van der Waals surface area (Å²) in [5, 5.41) is 3.08.